The molecule has 0 saturated heterocycles. The third-order valence-corrected chi connectivity index (χ3v) is 3.49. The number of aryl methyl sites for hydroxylation is 1. The van der Waals surface area contributed by atoms with Crippen LogP contribution in [-0.4, -0.2) is 12.0 Å². The van der Waals surface area contributed by atoms with Crippen LogP contribution < -0.4 is 10.1 Å². The second kappa shape index (κ2) is 7.12. The summed E-state index contributed by atoms with van der Waals surface area (Å²) in [5, 5.41) is 2.91. The molecule has 0 bridgehead atoms. The van der Waals surface area contributed by atoms with E-state index >= 15 is 0 Å². The van der Waals surface area contributed by atoms with E-state index in [-0.39, 0.29) is 5.91 Å². The molecule has 2 rings (SSSR count). The average Bonchev–Trinajstić information content (AvgIpc) is 2.47. The van der Waals surface area contributed by atoms with Crippen LogP contribution in [0.25, 0.3) is 0 Å². The van der Waals surface area contributed by atoms with E-state index in [2.05, 4.69) is 25.2 Å². The minimum absolute atomic E-state index is 0.151. The molecule has 0 aliphatic rings. The number of benzene rings is 2. The molecule has 0 saturated carbocycles. The first-order valence-electron chi connectivity index (χ1n) is 7.60. The second-order valence-corrected chi connectivity index (χ2v) is 5.85. The number of carbonyl (C=O) groups is 1. The predicted molar refractivity (Wildman–Crippen MR) is 90.4 cm³/mol. The van der Waals surface area contributed by atoms with Crippen molar-refractivity contribution in [3.63, 3.8) is 0 Å². The van der Waals surface area contributed by atoms with Crippen molar-refractivity contribution in [1.82, 2.24) is 0 Å². The average molecular weight is 297 g/mol. The lowest BCUT2D eigenvalue weighted by Crippen LogP contribution is -2.30. The molecule has 2 aromatic rings. The molecule has 3 heteroatoms. The third-order valence-electron chi connectivity index (χ3n) is 3.49. The first kappa shape index (κ1) is 16.1. The van der Waals surface area contributed by atoms with E-state index in [0.29, 0.717) is 11.7 Å². The van der Waals surface area contributed by atoms with Gasteiger partial charge in [-0.2, -0.15) is 0 Å². The number of hydrogen-bond acceptors (Lipinski definition) is 2. The van der Waals surface area contributed by atoms with Gasteiger partial charge in [0.2, 0.25) is 0 Å². The van der Waals surface area contributed by atoms with Gasteiger partial charge in [-0.05, 0) is 55.2 Å². The number of rotatable bonds is 5. The Bertz CT molecular complexity index is 649. The van der Waals surface area contributed by atoms with Gasteiger partial charge in [-0.3, -0.25) is 4.79 Å². The summed E-state index contributed by atoms with van der Waals surface area (Å²) in [4.78, 5) is 12.2. The largest absolute Gasteiger partial charge is 0.481 e. The highest BCUT2D eigenvalue weighted by molar-refractivity contribution is 5.94. The van der Waals surface area contributed by atoms with Gasteiger partial charge >= 0.3 is 0 Å². The van der Waals surface area contributed by atoms with Crippen molar-refractivity contribution in [2.75, 3.05) is 5.32 Å². The summed E-state index contributed by atoms with van der Waals surface area (Å²) in [6.07, 6.45) is -0.551. The summed E-state index contributed by atoms with van der Waals surface area (Å²) in [6.45, 7) is 8.01. The molecule has 0 radical (unpaired) electrons. The van der Waals surface area contributed by atoms with Crippen molar-refractivity contribution in [3.05, 3.63) is 59.7 Å². The maximum absolute atomic E-state index is 12.2. The highest BCUT2D eigenvalue weighted by Crippen LogP contribution is 2.19. The molecule has 0 unspecified atom stereocenters. The number of amides is 1. The zero-order valence-corrected chi connectivity index (χ0v) is 13.6. The van der Waals surface area contributed by atoms with Crippen LogP contribution in [-0.2, 0) is 4.79 Å². The molecule has 3 nitrogen and oxygen atoms in total. The Morgan fingerprint density at radius 2 is 1.77 bits per heavy atom. The van der Waals surface area contributed by atoms with E-state index in [9.17, 15) is 4.79 Å². The molecule has 116 valence electrons. The minimum atomic E-state index is -0.551. The number of ether oxygens (including phenoxy) is 1. The Balaban J connectivity index is 2.01. The Labute approximate surface area is 132 Å². The van der Waals surface area contributed by atoms with Crippen molar-refractivity contribution >= 4 is 11.6 Å². The van der Waals surface area contributed by atoms with Gasteiger partial charge in [-0.25, -0.2) is 0 Å². The fourth-order valence-corrected chi connectivity index (χ4v) is 2.17. The van der Waals surface area contributed by atoms with Gasteiger partial charge in [-0.15, -0.1) is 0 Å². The van der Waals surface area contributed by atoms with Gasteiger partial charge in [0.1, 0.15) is 5.75 Å². The Morgan fingerprint density at radius 3 is 2.45 bits per heavy atom. The maximum Gasteiger partial charge on any atom is 0.265 e. The molecule has 0 heterocycles. The lowest BCUT2D eigenvalue weighted by atomic mass is 10.0. The quantitative estimate of drug-likeness (QED) is 0.881. The van der Waals surface area contributed by atoms with Crippen LogP contribution in [0.1, 0.15) is 37.8 Å². The number of nitrogens with one attached hydrogen (secondary N) is 1. The normalized spacial score (nSPS) is 12.0. The van der Waals surface area contributed by atoms with Crippen LogP contribution >= 0.6 is 0 Å². The van der Waals surface area contributed by atoms with Crippen LogP contribution in [0.2, 0.25) is 0 Å². The molecule has 0 fully saturated rings. The van der Waals surface area contributed by atoms with Crippen LogP contribution in [0.4, 0.5) is 5.69 Å². The fourth-order valence-electron chi connectivity index (χ4n) is 2.17. The summed E-state index contributed by atoms with van der Waals surface area (Å²) in [7, 11) is 0. The van der Waals surface area contributed by atoms with Gasteiger partial charge < -0.3 is 10.1 Å². The van der Waals surface area contributed by atoms with Crippen LogP contribution in [0.5, 0.6) is 5.75 Å². The van der Waals surface area contributed by atoms with Crippen molar-refractivity contribution in [1.29, 1.82) is 0 Å². The smallest absolute Gasteiger partial charge is 0.265 e. The molecule has 0 aromatic heterocycles. The van der Waals surface area contributed by atoms with Gasteiger partial charge in [0.25, 0.3) is 5.91 Å². The van der Waals surface area contributed by atoms with Gasteiger partial charge in [-0.1, -0.05) is 38.1 Å². The predicted octanol–water partition coefficient (Wildman–Crippen LogP) is 4.52. The van der Waals surface area contributed by atoms with E-state index in [1.54, 1.807) is 6.92 Å². The SMILES string of the molecule is Cc1cccc(O[C@@H](C)C(=O)Nc2cccc(C(C)C)c2)c1. The van der Waals surface area contributed by atoms with Crippen LogP contribution in [0, 0.1) is 6.92 Å². The van der Waals surface area contributed by atoms with E-state index in [1.807, 2.05) is 49.4 Å². The topological polar surface area (TPSA) is 38.3 Å². The van der Waals surface area contributed by atoms with Crippen LogP contribution in [0.15, 0.2) is 48.5 Å². The number of hydrogen-bond donors (Lipinski definition) is 1. The second-order valence-electron chi connectivity index (χ2n) is 5.85. The lowest BCUT2D eigenvalue weighted by Gasteiger charge is -2.16. The van der Waals surface area contributed by atoms with E-state index in [4.69, 9.17) is 4.74 Å². The standard InChI is InChI=1S/C19H23NO2/c1-13(2)16-8-6-9-17(12-16)20-19(21)15(4)22-18-10-5-7-14(3)11-18/h5-13,15H,1-4H3,(H,20,21)/t15-/m0/s1. The fraction of sp³-hybridized carbons (Fsp3) is 0.316. The zero-order chi connectivity index (χ0) is 16.1. The monoisotopic (exact) mass is 297 g/mol. The molecule has 0 aliphatic carbocycles. The van der Waals surface area contributed by atoms with Crippen molar-refractivity contribution in [2.45, 2.75) is 39.7 Å². The molecule has 2 aromatic carbocycles. The maximum atomic E-state index is 12.2. The molecule has 1 amide bonds. The summed E-state index contributed by atoms with van der Waals surface area (Å²) in [5.74, 6) is 0.985. The third kappa shape index (κ3) is 4.35. The summed E-state index contributed by atoms with van der Waals surface area (Å²) in [5.41, 5.74) is 3.11. The Hall–Kier alpha value is -2.29. The highest BCUT2D eigenvalue weighted by Gasteiger charge is 2.15. The molecule has 0 spiro atoms. The Kier molecular flexibility index (Phi) is 5.21. The van der Waals surface area contributed by atoms with E-state index in [0.717, 1.165) is 11.3 Å². The molecular formula is C19H23NO2. The number of carbonyl (C=O) groups excluding carboxylic acids is 1. The molecule has 22 heavy (non-hydrogen) atoms. The lowest BCUT2D eigenvalue weighted by molar-refractivity contribution is -0.122. The zero-order valence-electron chi connectivity index (χ0n) is 13.6. The van der Waals surface area contributed by atoms with Crippen molar-refractivity contribution < 1.29 is 9.53 Å². The minimum Gasteiger partial charge on any atom is -0.481 e. The van der Waals surface area contributed by atoms with Crippen molar-refractivity contribution in [2.24, 2.45) is 0 Å². The van der Waals surface area contributed by atoms with Crippen molar-refractivity contribution in [3.8, 4) is 5.75 Å². The molecular weight excluding hydrogens is 274 g/mol. The number of anilines is 1. The summed E-state index contributed by atoms with van der Waals surface area (Å²) in [6, 6.07) is 15.6. The van der Waals surface area contributed by atoms with Gasteiger partial charge in [0.05, 0.1) is 0 Å². The first-order chi connectivity index (χ1) is 10.5. The van der Waals surface area contributed by atoms with E-state index < -0.39 is 6.10 Å². The van der Waals surface area contributed by atoms with E-state index in [1.165, 1.54) is 5.56 Å². The van der Waals surface area contributed by atoms with Gasteiger partial charge in [0.15, 0.2) is 6.10 Å². The molecule has 1 atom stereocenters. The van der Waals surface area contributed by atoms with Gasteiger partial charge in [0, 0.05) is 5.69 Å². The summed E-state index contributed by atoms with van der Waals surface area (Å²) >= 11 is 0. The highest BCUT2D eigenvalue weighted by atomic mass is 16.5. The Morgan fingerprint density at radius 1 is 1.05 bits per heavy atom. The van der Waals surface area contributed by atoms with Crippen LogP contribution in [0.3, 0.4) is 0 Å². The molecule has 0 aliphatic heterocycles. The molecule has 1 N–H and O–H groups in total. The first-order valence-corrected chi connectivity index (χ1v) is 7.60. The summed E-state index contributed by atoms with van der Waals surface area (Å²) < 4.78 is 5.69.